The molecule has 2 heterocycles. The first kappa shape index (κ1) is 24.0. The molecule has 0 aliphatic carbocycles. The van der Waals surface area contributed by atoms with Crippen LogP contribution in [-0.2, 0) is 9.53 Å². The van der Waals surface area contributed by atoms with Gasteiger partial charge in [0.2, 0.25) is 5.88 Å². The summed E-state index contributed by atoms with van der Waals surface area (Å²) in [5, 5.41) is 12.7. The van der Waals surface area contributed by atoms with E-state index in [0.717, 1.165) is 0 Å². The number of hydrogen-bond acceptors (Lipinski definition) is 6. The van der Waals surface area contributed by atoms with Crippen LogP contribution in [0.5, 0.6) is 11.6 Å². The van der Waals surface area contributed by atoms with E-state index in [1.54, 1.807) is 48.7 Å². The topological polar surface area (TPSA) is 106 Å². The highest BCUT2D eigenvalue weighted by Crippen LogP contribution is 2.25. The highest BCUT2D eigenvalue weighted by molar-refractivity contribution is 6.30. The molecule has 3 aromatic rings. The number of ether oxygens (including phenoxy) is 2. The van der Waals surface area contributed by atoms with Gasteiger partial charge in [-0.05, 0) is 62.7 Å². The number of halogens is 1. The summed E-state index contributed by atoms with van der Waals surface area (Å²) in [6, 6.07) is 13.4. The SMILES string of the molecule is CC(C)OCCCNC(=O)C(C#N)=Cc1c(Oc2ccc(Cl)cc2)nc2ccccn2c1=O. The maximum Gasteiger partial charge on any atom is 0.269 e. The van der Waals surface area contributed by atoms with Crippen LogP contribution in [0.25, 0.3) is 11.7 Å². The van der Waals surface area contributed by atoms with E-state index >= 15 is 0 Å². The molecule has 9 heteroatoms. The van der Waals surface area contributed by atoms with Crippen LogP contribution in [0.4, 0.5) is 0 Å². The van der Waals surface area contributed by atoms with E-state index in [-0.39, 0.29) is 23.1 Å². The summed E-state index contributed by atoms with van der Waals surface area (Å²) in [5.74, 6) is -0.231. The zero-order valence-corrected chi connectivity index (χ0v) is 19.0. The zero-order chi connectivity index (χ0) is 23.8. The third-order valence-corrected chi connectivity index (χ3v) is 4.73. The second kappa shape index (κ2) is 11.3. The van der Waals surface area contributed by atoms with Crippen LogP contribution in [0, 0.1) is 11.3 Å². The summed E-state index contributed by atoms with van der Waals surface area (Å²) in [5.41, 5.74) is -0.383. The predicted molar refractivity (Wildman–Crippen MR) is 125 cm³/mol. The van der Waals surface area contributed by atoms with Crippen molar-refractivity contribution in [2.24, 2.45) is 0 Å². The zero-order valence-electron chi connectivity index (χ0n) is 18.2. The number of pyridine rings is 1. The van der Waals surface area contributed by atoms with Gasteiger partial charge in [0, 0.05) is 24.4 Å². The average Bonchev–Trinajstić information content (AvgIpc) is 2.80. The Labute approximate surface area is 196 Å². The van der Waals surface area contributed by atoms with Crippen molar-refractivity contribution in [1.29, 1.82) is 5.26 Å². The molecule has 1 amide bonds. The third-order valence-electron chi connectivity index (χ3n) is 4.47. The molecule has 3 rings (SSSR count). The second-order valence-corrected chi connectivity index (χ2v) is 7.76. The molecule has 1 N–H and O–H groups in total. The molecule has 0 fully saturated rings. The standard InChI is InChI=1S/C24H23ClN4O4/c1-16(2)32-13-5-11-27-22(30)17(15-26)14-20-23(33-19-9-7-18(25)8-10-19)28-21-6-3-4-12-29(21)24(20)31/h3-4,6-10,12,14,16H,5,11,13H2,1-2H3,(H,27,30). The summed E-state index contributed by atoms with van der Waals surface area (Å²) in [6.45, 7) is 4.66. The van der Waals surface area contributed by atoms with Crippen molar-refractivity contribution in [3.63, 3.8) is 0 Å². The number of nitrogens with one attached hydrogen (secondary N) is 1. The Hall–Kier alpha value is -3.67. The number of nitriles is 1. The van der Waals surface area contributed by atoms with Gasteiger partial charge in [-0.25, -0.2) is 0 Å². The number of amides is 1. The summed E-state index contributed by atoms with van der Waals surface area (Å²) in [4.78, 5) is 30.1. The van der Waals surface area contributed by atoms with Gasteiger partial charge in [0.15, 0.2) is 0 Å². The maximum absolute atomic E-state index is 13.2. The molecule has 33 heavy (non-hydrogen) atoms. The number of rotatable bonds is 9. The van der Waals surface area contributed by atoms with Crippen LogP contribution >= 0.6 is 11.6 Å². The van der Waals surface area contributed by atoms with Crippen LogP contribution in [0.3, 0.4) is 0 Å². The second-order valence-electron chi connectivity index (χ2n) is 7.32. The molecule has 0 spiro atoms. The number of fused-ring (bicyclic) bond motifs is 1. The smallest absolute Gasteiger partial charge is 0.269 e. The molecule has 0 unspecified atom stereocenters. The molecule has 170 valence electrons. The lowest BCUT2D eigenvalue weighted by molar-refractivity contribution is -0.117. The molecule has 2 aromatic heterocycles. The van der Waals surface area contributed by atoms with Gasteiger partial charge in [0.25, 0.3) is 11.5 Å². The Morgan fingerprint density at radius 2 is 2.03 bits per heavy atom. The Kier molecular flexibility index (Phi) is 8.19. The van der Waals surface area contributed by atoms with Gasteiger partial charge in [0.1, 0.15) is 28.6 Å². The van der Waals surface area contributed by atoms with E-state index in [1.807, 2.05) is 19.9 Å². The summed E-state index contributed by atoms with van der Waals surface area (Å²) < 4.78 is 12.6. The lowest BCUT2D eigenvalue weighted by Gasteiger charge is -2.11. The molecule has 0 radical (unpaired) electrons. The molecule has 0 saturated heterocycles. The van der Waals surface area contributed by atoms with Crippen molar-refractivity contribution < 1.29 is 14.3 Å². The minimum absolute atomic E-state index is 0.0245. The van der Waals surface area contributed by atoms with Gasteiger partial charge >= 0.3 is 0 Å². The summed E-state index contributed by atoms with van der Waals surface area (Å²) >= 11 is 5.93. The van der Waals surface area contributed by atoms with Crippen molar-refractivity contribution in [3.05, 3.63) is 75.2 Å². The molecule has 0 saturated carbocycles. The first-order chi connectivity index (χ1) is 15.9. The van der Waals surface area contributed by atoms with Crippen LogP contribution in [0.1, 0.15) is 25.8 Å². The fraction of sp³-hybridized carbons (Fsp3) is 0.250. The number of aromatic nitrogens is 2. The summed E-state index contributed by atoms with van der Waals surface area (Å²) in [7, 11) is 0. The average molecular weight is 467 g/mol. The molecular weight excluding hydrogens is 444 g/mol. The number of hydrogen-bond donors (Lipinski definition) is 1. The van der Waals surface area contributed by atoms with E-state index in [2.05, 4.69) is 10.3 Å². The Morgan fingerprint density at radius 3 is 2.73 bits per heavy atom. The lowest BCUT2D eigenvalue weighted by Crippen LogP contribution is -2.27. The lowest BCUT2D eigenvalue weighted by atomic mass is 10.1. The third kappa shape index (κ3) is 6.42. The molecular formula is C24H23ClN4O4. The Morgan fingerprint density at radius 1 is 1.27 bits per heavy atom. The largest absolute Gasteiger partial charge is 0.438 e. The van der Waals surface area contributed by atoms with Crippen molar-refractivity contribution >= 4 is 29.2 Å². The minimum atomic E-state index is -0.600. The molecule has 1 aromatic carbocycles. The van der Waals surface area contributed by atoms with Gasteiger partial charge in [-0.3, -0.25) is 14.0 Å². The minimum Gasteiger partial charge on any atom is -0.438 e. The highest BCUT2D eigenvalue weighted by atomic mass is 35.5. The number of carbonyl (C=O) groups is 1. The van der Waals surface area contributed by atoms with Gasteiger partial charge in [-0.2, -0.15) is 10.2 Å². The van der Waals surface area contributed by atoms with Gasteiger partial charge in [-0.1, -0.05) is 17.7 Å². The van der Waals surface area contributed by atoms with E-state index in [1.165, 1.54) is 10.5 Å². The van der Waals surface area contributed by atoms with Crippen molar-refractivity contribution in [3.8, 4) is 17.7 Å². The van der Waals surface area contributed by atoms with E-state index < -0.39 is 11.5 Å². The van der Waals surface area contributed by atoms with E-state index in [0.29, 0.717) is 36.0 Å². The molecule has 0 atom stereocenters. The summed E-state index contributed by atoms with van der Waals surface area (Å²) in [6.07, 6.45) is 3.44. The Balaban J connectivity index is 1.93. The van der Waals surface area contributed by atoms with Gasteiger partial charge < -0.3 is 14.8 Å². The fourth-order valence-corrected chi connectivity index (χ4v) is 3.01. The van der Waals surface area contributed by atoms with Crippen molar-refractivity contribution in [2.75, 3.05) is 13.2 Å². The predicted octanol–water partition coefficient (Wildman–Crippen LogP) is 3.98. The van der Waals surface area contributed by atoms with Crippen LogP contribution in [0.2, 0.25) is 5.02 Å². The number of carbonyl (C=O) groups excluding carboxylic acids is 1. The number of benzene rings is 1. The highest BCUT2D eigenvalue weighted by Gasteiger charge is 2.17. The molecule has 8 nitrogen and oxygen atoms in total. The molecule has 0 aliphatic heterocycles. The molecule has 0 aliphatic rings. The fourth-order valence-electron chi connectivity index (χ4n) is 2.88. The quantitative estimate of drug-likeness (QED) is 0.290. The van der Waals surface area contributed by atoms with Crippen LogP contribution < -0.4 is 15.6 Å². The monoisotopic (exact) mass is 466 g/mol. The van der Waals surface area contributed by atoms with Gasteiger partial charge in [0.05, 0.1) is 6.10 Å². The van der Waals surface area contributed by atoms with Crippen molar-refractivity contribution in [2.45, 2.75) is 26.4 Å². The first-order valence-corrected chi connectivity index (χ1v) is 10.7. The van der Waals surface area contributed by atoms with Crippen LogP contribution in [-0.4, -0.2) is 34.5 Å². The molecule has 0 bridgehead atoms. The maximum atomic E-state index is 13.2. The van der Waals surface area contributed by atoms with Gasteiger partial charge in [-0.15, -0.1) is 0 Å². The number of nitrogens with zero attached hydrogens (tertiary/aromatic N) is 3. The van der Waals surface area contributed by atoms with Crippen LogP contribution in [0.15, 0.2) is 59.0 Å². The van der Waals surface area contributed by atoms with Crippen molar-refractivity contribution in [1.82, 2.24) is 14.7 Å². The Bertz CT molecular complexity index is 1260. The van der Waals surface area contributed by atoms with E-state index in [9.17, 15) is 14.9 Å². The van der Waals surface area contributed by atoms with E-state index in [4.69, 9.17) is 21.1 Å². The normalized spacial score (nSPS) is 11.4. The first-order valence-electron chi connectivity index (χ1n) is 10.4.